The molecule has 2 atom stereocenters. The van der Waals surface area contributed by atoms with Gasteiger partial charge in [0.05, 0.1) is 0 Å². The number of carbonyl (C=O) groups is 1. The number of likely N-dealkylation sites (tertiary alicyclic amines) is 1. The summed E-state index contributed by atoms with van der Waals surface area (Å²) < 4.78 is 5.43. The number of hydrogen-bond acceptors (Lipinski definition) is 3. The Kier molecular flexibility index (Phi) is 4.09. The van der Waals surface area contributed by atoms with Crippen LogP contribution in [0.15, 0.2) is 24.3 Å². The van der Waals surface area contributed by atoms with Gasteiger partial charge in [0, 0.05) is 23.7 Å². The number of amides is 1. The normalized spacial score (nSPS) is 23.2. The maximum atomic E-state index is 12.0. The topological polar surface area (TPSA) is 55.6 Å². The summed E-state index contributed by atoms with van der Waals surface area (Å²) in [6.45, 7) is 2.72. The van der Waals surface area contributed by atoms with Crippen LogP contribution >= 0.6 is 11.6 Å². The molecule has 1 aliphatic rings. The van der Waals surface area contributed by atoms with Crippen LogP contribution in [0.5, 0.6) is 5.75 Å². The summed E-state index contributed by atoms with van der Waals surface area (Å²) in [6.07, 6.45) is 0.855. The van der Waals surface area contributed by atoms with Gasteiger partial charge in [0.15, 0.2) is 6.61 Å². The highest BCUT2D eigenvalue weighted by atomic mass is 35.5. The molecule has 1 aromatic carbocycles. The van der Waals surface area contributed by atoms with Crippen LogP contribution in [-0.4, -0.2) is 36.0 Å². The van der Waals surface area contributed by atoms with Gasteiger partial charge in [0.1, 0.15) is 5.75 Å². The van der Waals surface area contributed by atoms with Crippen molar-refractivity contribution < 1.29 is 9.53 Å². The van der Waals surface area contributed by atoms with E-state index in [0.717, 1.165) is 6.42 Å². The number of ether oxygens (including phenoxy) is 1. The van der Waals surface area contributed by atoms with Gasteiger partial charge in [-0.3, -0.25) is 4.79 Å². The first-order valence-electron chi connectivity index (χ1n) is 6.01. The zero-order valence-electron chi connectivity index (χ0n) is 10.3. The average Bonchev–Trinajstić information content (AvgIpc) is 2.69. The van der Waals surface area contributed by atoms with Gasteiger partial charge in [-0.25, -0.2) is 0 Å². The minimum absolute atomic E-state index is 0.0228. The van der Waals surface area contributed by atoms with Crippen molar-refractivity contribution in [2.24, 2.45) is 5.73 Å². The molecule has 0 spiro atoms. The van der Waals surface area contributed by atoms with Crippen molar-refractivity contribution in [2.75, 3.05) is 13.2 Å². The molecule has 0 saturated carbocycles. The van der Waals surface area contributed by atoms with Gasteiger partial charge in [0.25, 0.3) is 5.91 Å². The zero-order chi connectivity index (χ0) is 13.1. The van der Waals surface area contributed by atoms with Gasteiger partial charge in [-0.05, 0) is 37.6 Å². The monoisotopic (exact) mass is 268 g/mol. The van der Waals surface area contributed by atoms with E-state index in [-0.39, 0.29) is 24.6 Å². The molecule has 0 aliphatic carbocycles. The number of benzene rings is 1. The molecule has 4 nitrogen and oxygen atoms in total. The highest BCUT2D eigenvalue weighted by molar-refractivity contribution is 6.30. The maximum Gasteiger partial charge on any atom is 0.260 e. The summed E-state index contributed by atoms with van der Waals surface area (Å²) in [6, 6.07) is 7.12. The van der Waals surface area contributed by atoms with Crippen LogP contribution in [0.3, 0.4) is 0 Å². The van der Waals surface area contributed by atoms with Gasteiger partial charge >= 0.3 is 0 Å². The molecule has 0 radical (unpaired) electrons. The van der Waals surface area contributed by atoms with E-state index < -0.39 is 0 Å². The lowest BCUT2D eigenvalue weighted by molar-refractivity contribution is -0.134. The fourth-order valence-corrected chi connectivity index (χ4v) is 2.20. The molecule has 1 saturated heterocycles. The molecular formula is C13H17ClN2O2. The largest absolute Gasteiger partial charge is 0.484 e. The fourth-order valence-electron chi connectivity index (χ4n) is 2.07. The highest BCUT2D eigenvalue weighted by Gasteiger charge is 2.31. The lowest BCUT2D eigenvalue weighted by Crippen LogP contribution is -2.42. The molecule has 1 amide bonds. The van der Waals surface area contributed by atoms with Crippen LogP contribution in [0, 0.1) is 0 Å². The lowest BCUT2D eigenvalue weighted by Gasteiger charge is -2.23. The zero-order valence-corrected chi connectivity index (χ0v) is 11.1. The molecule has 18 heavy (non-hydrogen) atoms. The molecule has 5 heteroatoms. The third kappa shape index (κ3) is 2.94. The van der Waals surface area contributed by atoms with E-state index in [1.807, 2.05) is 6.92 Å². The molecule has 98 valence electrons. The Labute approximate surface area is 112 Å². The lowest BCUT2D eigenvalue weighted by atomic mass is 10.2. The smallest absolute Gasteiger partial charge is 0.260 e. The SMILES string of the molecule is CC1C(N)CCN1C(=O)COc1ccc(Cl)cc1. The van der Waals surface area contributed by atoms with E-state index in [0.29, 0.717) is 17.3 Å². The van der Waals surface area contributed by atoms with Crippen molar-refractivity contribution in [1.82, 2.24) is 4.90 Å². The van der Waals surface area contributed by atoms with Gasteiger partial charge in [-0.2, -0.15) is 0 Å². The van der Waals surface area contributed by atoms with Crippen molar-refractivity contribution in [3.8, 4) is 5.75 Å². The highest BCUT2D eigenvalue weighted by Crippen LogP contribution is 2.18. The van der Waals surface area contributed by atoms with E-state index in [1.165, 1.54) is 0 Å². The Morgan fingerprint density at radius 3 is 2.72 bits per heavy atom. The standard InChI is InChI=1S/C13H17ClN2O2/c1-9-12(15)6-7-16(9)13(17)8-18-11-4-2-10(14)3-5-11/h2-5,9,12H,6-8,15H2,1H3. The molecule has 2 N–H and O–H groups in total. The first kappa shape index (κ1) is 13.2. The number of hydrogen-bond donors (Lipinski definition) is 1. The predicted octanol–water partition coefficient (Wildman–Crippen LogP) is 1.67. The Bertz CT molecular complexity index is 422. The predicted molar refractivity (Wildman–Crippen MR) is 70.7 cm³/mol. The average molecular weight is 269 g/mol. The molecule has 1 heterocycles. The summed E-state index contributed by atoms with van der Waals surface area (Å²) in [5, 5.41) is 0.646. The second kappa shape index (κ2) is 5.59. The molecular weight excluding hydrogens is 252 g/mol. The third-order valence-electron chi connectivity index (χ3n) is 3.31. The van der Waals surface area contributed by atoms with Gasteiger partial charge in [0.2, 0.25) is 0 Å². The van der Waals surface area contributed by atoms with Crippen LogP contribution in [0.4, 0.5) is 0 Å². The third-order valence-corrected chi connectivity index (χ3v) is 3.56. The number of halogens is 1. The van der Waals surface area contributed by atoms with E-state index in [9.17, 15) is 4.79 Å². The van der Waals surface area contributed by atoms with Crippen LogP contribution in [0.2, 0.25) is 5.02 Å². The van der Waals surface area contributed by atoms with Crippen LogP contribution in [-0.2, 0) is 4.79 Å². The number of carbonyl (C=O) groups excluding carboxylic acids is 1. The summed E-state index contributed by atoms with van der Waals surface area (Å²) in [7, 11) is 0. The van der Waals surface area contributed by atoms with Crippen LogP contribution in [0.1, 0.15) is 13.3 Å². The first-order valence-corrected chi connectivity index (χ1v) is 6.39. The van der Waals surface area contributed by atoms with Crippen LogP contribution < -0.4 is 10.5 Å². The van der Waals surface area contributed by atoms with Crippen molar-refractivity contribution in [1.29, 1.82) is 0 Å². The second-order valence-electron chi connectivity index (χ2n) is 4.52. The van der Waals surface area contributed by atoms with Crippen LogP contribution in [0.25, 0.3) is 0 Å². The fraction of sp³-hybridized carbons (Fsp3) is 0.462. The number of nitrogens with two attached hydrogens (primary N) is 1. The van der Waals surface area contributed by atoms with Crippen molar-refractivity contribution in [2.45, 2.75) is 25.4 Å². The Hall–Kier alpha value is -1.26. The van der Waals surface area contributed by atoms with Crippen molar-refractivity contribution in [3.63, 3.8) is 0 Å². The Morgan fingerprint density at radius 2 is 2.17 bits per heavy atom. The van der Waals surface area contributed by atoms with E-state index in [2.05, 4.69) is 0 Å². The van der Waals surface area contributed by atoms with Crippen molar-refractivity contribution >= 4 is 17.5 Å². The molecule has 1 aromatic rings. The van der Waals surface area contributed by atoms with Crippen molar-refractivity contribution in [3.05, 3.63) is 29.3 Å². The minimum atomic E-state index is -0.0228. The Balaban J connectivity index is 1.87. The first-order chi connectivity index (χ1) is 8.58. The maximum absolute atomic E-state index is 12.0. The molecule has 0 aromatic heterocycles. The molecule has 1 aliphatic heterocycles. The Morgan fingerprint density at radius 1 is 1.50 bits per heavy atom. The molecule has 2 rings (SSSR count). The van der Waals surface area contributed by atoms with Gasteiger partial charge < -0.3 is 15.4 Å². The second-order valence-corrected chi connectivity index (χ2v) is 4.96. The van der Waals surface area contributed by atoms with E-state index in [4.69, 9.17) is 22.1 Å². The number of nitrogens with zero attached hydrogens (tertiary/aromatic N) is 1. The summed E-state index contributed by atoms with van der Waals surface area (Å²) in [5.74, 6) is 0.620. The molecule has 1 fully saturated rings. The summed E-state index contributed by atoms with van der Waals surface area (Å²) in [5.41, 5.74) is 5.88. The summed E-state index contributed by atoms with van der Waals surface area (Å²) >= 11 is 5.77. The molecule has 2 unspecified atom stereocenters. The quantitative estimate of drug-likeness (QED) is 0.907. The van der Waals surface area contributed by atoms with Gasteiger partial charge in [-0.1, -0.05) is 11.6 Å². The number of rotatable bonds is 3. The summed E-state index contributed by atoms with van der Waals surface area (Å²) in [4.78, 5) is 13.7. The minimum Gasteiger partial charge on any atom is -0.484 e. The van der Waals surface area contributed by atoms with Gasteiger partial charge in [-0.15, -0.1) is 0 Å². The van der Waals surface area contributed by atoms with E-state index in [1.54, 1.807) is 29.2 Å². The van der Waals surface area contributed by atoms with E-state index >= 15 is 0 Å². The molecule has 0 bridgehead atoms.